The molecule has 0 spiro atoms. The zero-order valence-corrected chi connectivity index (χ0v) is 31.7. The first-order chi connectivity index (χ1) is 24.6. The second-order valence-corrected chi connectivity index (χ2v) is 17.1. The van der Waals surface area contributed by atoms with E-state index >= 15 is 0 Å². The highest BCUT2D eigenvalue weighted by atomic mass is 32.2. The maximum absolute atomic E-state index is 12.6. The smallest absolute Gasteiger partial charge is 0.386 e. The number of amides is 2. The number of nitrogens with two attached hydrogens (primary N) is 1. The van der Waals surface area contributed by atoms with Crippen LogP contribution >= 0.6 is 35.2 Å². The molecular formula is C25H40N7O17P3S. The first-order valence-corrected chi connectivity index (χ1v) is 20.7. The second-order valence-electron chi connectivity index (χ2n) is 11.7. The summed E-state index contributed by atoms with van der Waals surface area (Å²) in [5.74, 6) is -1.13. The number of hydrogen-bond acceptors (Lipinski definition) is 18. The lowest BCUT2D eigenvalue weighted by atomic mass is 9.87. The molecule has 1 aliphatic heterocycles. The van der Waals surface area contributed by atoms with Gasteiger partial charge in [0.05, 0.1) is 19.5 Å². The molecule has 0 saturated carbocycles. The van der Waals surface area contributed by atoms with Gasteiger partial charge in [0.25, 0.3) is 0 Å². The highest BCUT2D eigenvalue weighted by Gasteiger charge is 2.50. The molecule has 0 aliphatic carbocycles. The van der Waals surface area contributed by atoms with Crippen LogP contribution in [0.4, 0.5) is 5.82 Å². The molecule has 53 heavy (non-hydrogen) atoms. The molecule has 7 atom stereocenters. The number of aliphatic hydroxyl groups excluding tert-OH is 2. The number of imidazole rings is 1. The van der Waals surface area contributed by atoms with Crippen molar-refractivity contribution in [3.63, 3.8) is 0 Å². The maximum atomic E-state index is 12.6. The van der Waals surface area contributed by atoms with Crippen molar-refractivity contribution in [3.8, 4) is 0 Å². The van der Waals surface area contributed by atoms with E-state index in [1.165, 1.54) is 19.9 Å². The highest BCUT2D eigenvalue weighted by molar-refractivity contribution is 8.14. The van der Waals surface area contributed by atoms with Crippen LogP contribution in [0.25, 0.3) is 11.2 Å². The van der Waals surface area contributed by atoms with Crippen molar-refractivity contribution in [3.05, 3.63) is 24.8 Å². The minimum Gasteiger partial charge on any atom is -0.386 e. The summed E-state index contributed by atoms with van der Waals surface area (Å²) in [5, 5.41) is 26.1. The molecule has 0 bridgehead atoms. The van der Waals surface area contributed by atoms with Crippen LogP contribution in [0.5, 0.6) is 0 Å². The average molecular weight is 836 g/mol. The van der Waals surface area contributed by atoms with Gasteiger partial charge in [-0.1, -0.05) is 31.7 Å². The number of aliphatic hydroxyl groups is 2. The molecule has 0 radical (unpaired) electrons. The van der Waals surface area contributed by atoms with Crippen LogP contribution in [-0.2, 0) is 50.7 Å². The molecule has 2 aromatic heterocycles. The fraction of sp³-hybridized carbons (Fsp3) is 0.600. The van der Waals surface area contributed by atoms with E-state index in [4.69, 9.17) is 19.5 Å². The van der Waals surface area contributed by atoms with E-state index in [2.05, 4.69) is 34.4 Å². The Morgan fingerprint density at radius 2 is 1.77 bits per heavy atom. The van der Waals surface area contributed by atoms with Gasteiger partial charge in [-0.3, -0.25) is 32.5 Å². The molecule has 24 nitrogen and oxygen atoms in total. The van der Waals surface area contributed by atoms with Gasteiger partial charge in [-0.15, -0.1) is 0 Å². The average Bonchev–Trinajstić information content (AvgIpc) is 3.61. The molecule has 1 aliphatic rings. The Bertz CT molecular complexity index is 1790. The van der Waals surface area contributed by atoms with Crippen LogP contribution in [-0.4, -0.2) is 123 Å². The lowest BCUT2D eigenvalue weighted by molar-refractivity contribution is -0.137. The molecule has 3 heterocycles. The number of thioether (sulfide) groups is 1. The maximum Gasteiger partial charge on any atom is 0.481 e. The molecule has 2 unspecified atom stereocenters. The molecule has 10 N–H and O–H groups in total. The summed E-state index contributed by atoms with van der Waals surface area (Å²) < 4.78 is 61.9. The van der Waals surface area contributed by atoms with Crippen molar-refractivity contribution < 1.29 is 80.5 Å². The van der Waals surface area contributed by atoms with Gasteiger partial charge in [-0.2, -0.15) is 4.31 Å². The molecule has 298 valence electrons. The molecule has 1 saturated heterocycles. The third-order valence-electron chi connectivity index (χ3n) is 7.05. The normalized spacial score (nSPS) is 22.4. The number of hydrogen-bond donors (Lipinski definition) is 9. The second kappa shape index (κ2) is 18.8. The zero-order valence-electron chi connectivity index (χ0n) is 28.2. The number of nitrogen functional groups attached to an aromatic ring is 1. The van der Waals surface area contributed by atoms with E-state index < -0.39 is 84.6 Å². The number of nitrogens with one attached hydrogen (secondary N) is 2. The number of carbonyl (C=O) groups is 3. The lowest BCUT2D eigenvalue weighted by Gasteiger charge is -2.30. The van der Waals surface area contributed by atoms with E-state index in [-0.39, 0.29) is 41.6 Å². The summed E-state index contributed by atoms with van der Waals surface area (Å²) in [6.07, 6.45) is -3.94. The summed E-state index contributed by atoms with van der Waals surface area (Å²) >= 11 is 1.01. The fourth-order valence-electron chi connectivity index (χ4n) is 4.47. The minimum atomic E-state index is -5.56. The Hall–Kier alpha value is -2.70. The van der Waals surface area contributed by atoms with Gasteiger partial charge in [0.1, 0.15) is 36.3 Å². The van der Waals surface area contributed by atoms with Gasteiger partial charge in [0.2, 0.25) is 16.9 Å². The van der Waals surface area contributed by atoms with Gasteiger partial charge >= 0.3 is 23.5 Å². The Labute approximate surface area is 305 Å². The predicted octanol–water partition coefficient (Wildman–Crippen LogP) is -0.759. The molecule has 2 amide bonds. The molecule has 28 heteroatoms. The summed E-state index contributed by atoms with van der Waals surface area (Å²) in [6.45, 7) is 2.17. The first-order valence-electron chi connectivity index (χ1n) is 15.2. The lowest BCUT2D eigenvalue weighted by Crippen LogP contribution is -2.46. The van der Waals surface area contributed by atoms with E-state index in [9.17, 15) is 57.9 Å². The predicted molar refractivity (Wildman–Crippen MR) is 182 cm³/mol. The quantitative estimate of drug-likeness (QED) is 0.0449. The number of phosphoric acid groups is 3. The van der Waals surface area contributed by atoms with Gasteiger partial charge in [-0.05, 0) is 13.0 Å². The first kappa shape index (κ1) is 44.7. The number of rotatable bonds is 20. The van der Waals surface area contributed by atoms with Crippen LogP contribution in [0, 0.1) is 5.41 Å². The molecule has 3 rings (SSSR count). The Morgan fingerprint density at radius 1 is 1.09 bits per heavy atom. The number of nitrogens with zero attached hydrogens (tertiary/aromatic N) is 4. The van der Waals surface area contributed by atoms with Gasteiger partial charge in [-0.25, -0.2) is 28.6 Å². The summed E-state index contributed by atoms with van der Waals surface area (Å²) in [5.41, 5.74) is 4.26. The molecule has 1 fully saturated rings. The molecule has 0 aromatic carbocycles. The van der Waals surface area contributed by atoms with Gasteiger partial charge in [0.15, 0.2) is 17.7 Å². The third-order valence-corrected chi connectivity index (χ3v) is 11.0. The van der Waals surface area contributed by atoms with Crippen LogP contribution in [0.3, 0.4) is 0 Å². The highest BCUT2D eigenvalue weighted by Crippen LogP contribution is 2.61. The van der Waals surface area contributed by atoms with Crippen LogP contribution < -0.4 is 16.4 Å². The van der Waals surface area contributed by atoms with E-state index in [0.29, 0.717) is 5.75 Å². The van der Waals surface area contributed by atoms with E-state index in [0.717, 1.165) is 29.0 Å². The topological polar surface area (TPSA) is 364 Å². The summed E-state index contributed by atoms with van der Waals surface area (Å²) in [4.78, 5) is 86.7. The number of carbonyl (C=O) groups excluding carboxylic acids is 3. The van der Waals surface area contributed by atoms with Gasteiger partial charge in [0, 0.05) is 30.7 Å². The fourth-order valence-corrected chi connectivity index (χ4v) is 7.93. The number of phosphoric ester groups is 3. The van der Waals surface area contributed by atoms with Crippen molar-refractivity contribution in [2.24, 2.45) is 5.41 Å². The van der Waals surface area contributed by atoms with Crippen molar-refractivity contribution in [2.45, 2.75) is 57.8 Å². The van der Waals surface area contributed by atoms with Crippen molar-refractivity contribution in [2.75, 3.05) is 37.8 Å². The molecule has 2 aromatic rings. The summed E-state index contributed by atoms with van der Waals surface area (Å²) in [7, 11) is -16.4. The standard InChI is InChI=1S/C25H40N7O17P3S/c1-4-5-16(34)53-9-8-27-15(33)6-7-28-23(37)20(36)25(2,3)11-46-52(43,44)49-51(41,42)45-10-14-19(48-50(38,39)40)18(35)24(47-14)32-13-31-17-21(26)29-12-30-22(17)32/h4-5,12-14,18-20,24,35-36H,6-11H2,1-3H3,(H,27,33)(H,28,37)(H,41,42)(H,43,44)(H2,26,29,30)(H2,38,39,40)/b5-4+/t14-,18+,19+,20-,24-/m0/s1. The number of fused-ring (bicyclic) bond motifs is 1. The zero-order chi connectivity index (χ0) is 39.8. The third kappa shape index (κ3) is 13.5. The Balaban J connectivity index is 1.52. The van der Waals surface area contributed by atoms with Gasteiger partial charge < -0.3 is 50.9 Å². The van der Waals surface area contributed by atoms with Crippen LogP contribution in [0.1, 0.15) is 33.4 Å². The SMILES string of the molecule is C/C=C/C(=O)SCCNC(=O)CCNC(=O)[C@H](O)C(C)(C)COP(=O)(O)OP(=O)(O)OC[C@@H]1O[C@H](n2cnc3c(N)ncnc32)[C@H](O)[C@@H]1OP(=O)(O)O. The minimum absolute atomic E-state index is 0.0300. The van der Waals surface area contributed by atoms with Crippen LogP contribution in [0.2, 0.25) is 0 Å². The molecular weight excluding hydrogens is 795 g/mol. The largest absolute Gasteiger partial charge is 0.481 e. The number of allylic oxidation sites excluding steroid dienone is 1. The Morgan fingerprint density at radius 3 is 2.43 bits per heavy atom. The Kier molecular flexibility index (Phi) is 15.8. The van der Waals surface area contributed by atoms with Crippen LogP contribution in [0.15, 0.2) is 24.8 Å². The van der Waals surface area contributed by atoms with E-state index in [1.54, 1.807) is 13.0 Å². The van der Waals surface area contributed by atoms with Crippen molar-refractivity contribution in [1.29, 1.82) is 0 Å². The number of aromatic nitrogens is 4. The summed E-state index contributed by atoms with van der Waals surface area (Å²) in [6, 6.07) is 0. The van der Waals surface area contributed by atoms with Crippen molar-refractivity contribution in [1.82, 2.24) is 30.2 Å². The number of anilines is 1. The monoisotopic (exact) mass is 835 g/mol. The van der Waals surface area contributed by atoms with Crippen molar-refractivity contribution >= 4 is 69.1 Å². The van der Waals surface area contributed by atoms with E-state index in [1.807, 2.05) is 0 Å². The number of ether oxygens (including phenoxy) is 1.